The number of ether oxygens (including phenoxy) is 1. The highest BCUT2D eigenvalue weighted by Crippen LogP contribution is 2.37. The summed E-state index contributed by atoms with van der Waals surface area (Å²) < 4.78 is 6.21. The third kappa shape index (κ3) is 5.25. The number of rotatable bonds is 7. The molecule has 0 bridgehead atoms. The zero-order chi connectivity index (χ0) is 22.5. The van der Waals surface area contributed by atoms with Gasteiger partial charge < -0.3 is 10.1 Å². The van der Waals surface area contributed by atoms with Gasteiger partial charge in [0.2, 0.25) is 0 Å². The maximum Gasteiger partial charge on any atom is 0.321 e. The number of anilines is 1. The highest BCUT2D eigenvalue weighted by molar-refractivity contribution is 8.01. The molecule has 0 saturated carbocycles. The normalized spacial score (nSPS) is 10.5. The van der Waals surface area contributed by atoms with E-state index in [1.165, 1.54) is 29.2 Å². The predicted octanol–water partition coefficient (Wildman–Crippen LogP) is 5.35. The highest BCUT2D eigenvalue weighted by Gasteiger charge is 2.19. The van der Waals surface area contributed by atoms with Crippen molar-refractivity contribution in [2.75, 3.05) is 5.32 Å². The molecule has 0 radical (unpaired) electrons. The maximum atomic E-state index is 12.6. The van der Waals surface area contributed by atoms with Crippen LogP contribution in [0, 0.1) is 17.0 Å². The number of carbonyl (C=O) groups is 1. The van der Waals surface area contributed by atoms with E-state index in [-0.39, 0.29) is 17.3 Å². The van der Waals surface area contributed by atoms with Crippen molar-refractivity contribution >= 4 is 40.4 Å². The van der Waals surface area contributed by atoms with Crippen LogP contribution in [0.2, 0.25) is 0 Å². The standard InChI is InChI=1S/C21H15N5O4S2/c1-13-12-31-21(24-13)32-18-8-3-14(11-17(18)26(28)29)19(27)25-15-4-6-16(7-5-15)30-20-22-9-2-10-23-20/h2-12H,1H3,(H,25,27). The molecule has 0 aliphatic carbocycles. The number of hydrogen-bond donors (Lipinski definition) is 1. The maximum absolute atomic E-state index is 12.6. The molecule has 0 aliphatic rings. The van der Waals surface area contributed by atoms with Gasteiger partial charge in [0, 0.05) is 40.8 Å². The van der Waals surface area contributed by atoms with Crippen LogP contribution in [0.1, 0.15) is 16.1 Å². The van der Waals surface area contributed by atoms with Gasteiger partial charge in [0.15, 0.2) is 4.34 Å². The Bertz CT molecular complexity index is 1260. The molecule has 160 valence electrons. The van der Waals surface area contributed by atoms with Crippen LogP contribution in [0.15, 0.2) is 75.5 Å². The lowest BCUT2D eigenvalue weighted by Gasteiger charge is -2.08. The molecule has 0 spiro atoms. The monoisotopic (exact) mass is 465 g/mol. The number of nitro groups is 1. The highest BCUT2D eigenvalue weighted by atomic mass is 32.2. The van der Waals surface area contributed by atoms with Crippen LogP contribution in [-0.4, -0.2) is 25.8 Å². The first kappa shape index (κ1) is 21.4. The van der Waals surface area contributed by atoms with Crippen molar-refractivity contribution in [1.29, 1.82) is 0 Å². The molecule has 1 N–H and O–H groups in total. The van der Waals surface area contributed by atoms with Gasteiger partial charge in [-0.3, -0.25) is 14.9 Å². The minimum atomic E-state index is -0.503. The molecule has 4 aromatic rings. The Morgan fingerprint density at radius 1 is 1.16 bits per heavy atom. The van der Waals surface area contributed by atoms with E-state index in [0.717, 1.165) is 5.69 Å². The molecule has 2 aromatic heterocycles. The fourth-order valence-corrected chi connectivity index (χ4v) is 4.49. The topological polar surface area (TPSA) is 120 Å². The Hall–Kier alpha value is -3.83. The van der Waals surface area contributed by atoms with Gasteiger partial charge in [-0.25, -0.2) is 15.0 Å². The average Bonchev–Trinajstić information content (AvgIpc) is 3.20. The van der Waals surface area contributed by atoms with Crippen molar-refractivity contribution in [3.63, 3.8) is 0 Å². The summed E-state index contributed by atoms with van der Waals surface area (Å²) in [4.78, 5) is 36.4. The van der Waals surface area contributed by atoms with Crippen molar-refractivity contribution < 1.29 is 14.5 Å². The molecule has 0 saturated heterocycles. The lowest BCUT2D eigenvalue weighted by molar-refractivity contribution is -0.387. The first-order valence-electron chi connectivity index (χ1n) is 9.22. The second-order valence-electron chi connectivity index (χ2n) is 6.41. The molecule has 32 heavy (non-hydrogen) atoms. The third-order valence-electron chi connectivity index (χ3n) is 4.08. The summed E-state index contributed by atoms with van der Waals surface area (Å²) in [7, 11) is 0. The Balaban J connectivity index is 1.46. The summed E-state index contributed by atoms with van der Waals surface area (Å²) >= 11 is 2.61. The van der Waals surface area contributed by atoms with Crippen molar-refractivity contribution in [3.05, 3.63) is 87.7 Å². The first-order valence-corrected chi connectivity index (χ1v) is 10.9. The van der Waals surface area contributed by atoms with Gasteiger partial charge in [-0.15, -0.1) is 11.3 Å². The number of nitrogens with zero attached hydrogens (tertiary/aromatic N) is 4. The summed E-state index contributed by atoms with van der Waals surface area (Å²) in [6.45, 7) is 1.86. The minimum absolute atomic E-state index is 0.151. The summed E-state index contributed by atoms with van der Waals surface area (Å²) in [5, 5.41) is 16.2. The van der Waals surface area contributed by atoms with Crippen LogP contribution in [0.3, 0.4) is 0 Å². The van der Waals surface area contributed by atoms with E-state index in [4.69, 9.17) is 4.74 Å². The zero-order valence-corrected chi connectivity index (χ0v) is 18.2. The van der Waals surface area contributed by atoms with Crippen molar-refractivity contribution in [1.82, 2.24) is 15.0 Å². The lowest BCUT2D eigenvalue weighted by atomic mass is 10.2. The number of aryl methyl sites for hydroxylation is 1. The van der Waals surface area contributed by atoms with Crippen LogP contribution in [0.5, 0.6) is 11.8 Å². The van der Waals surface area contributed by atoms with Gasteiger partial charge in [0.1, 0.15) is 5.75 Å². The summed E-state index contributed by atoms with van der Waals surface area (Å²) in [6, 6.07) is 12.9. The van der Waals surface area contributed by atoms with E-state index >= 15 is 0 Å². The summed E-state index contributed by atoms with van der Waals surface area (Å²) in [6.07, 6.45) is 3.13. The van der Waals surface area contributed by atoms with Gasteiger partial charge in [0.05, 0.1) is 9.82 Å². The molecule has 2 aromatic carbocycles. The average molecular weight is 466 g/mol. The zero-order valence-electron chi connectivity index (χ0n) is 16.6. The quantitative estimate of drug-likeness (QED) is 0.287. The van der Waals surface area contributed by atoms with Crippen LogP contribution >= 0.6 is 23.1 Å². The smallest absolute Gasteiger partial charge is 0.321 e. The number of benzene rings is 2. The molecule has 0 unspecified atom stereocenters. The van der Waals surface area contributed by atoms with Crippen LogP contribution in [0.25, 0.3) is 0 Å². The summed E-state index contributed by atoms with van der Waals surface area (Å²) in [5.41, 5.74) is 1.39. The molecule has 0 fully saturated rings. The number of hydrogen-bond acceptors (Lipinski definition) is 9. The molecule has 0 aliphatic heterocycles. The van der Waals surface area contributed by atoms with Crippen molar-refractivity contribution in [3.8, 4) is 11.8 Å². The number of nitrogens with one attached hydrogen (secondary N) is 1. The van der Waals surface area contributed by atoms with E-state index in [1.807, 2.05) is 12.3 Å². The molecule has 2 heterocycles. The van der Waals surface area contributed by atoms with Crippen LogP contribution in [-0.2, 0) is 0 Å². The molecule has 11 heteroatoms. The number of carbonyl (C=O) groups excluding carboxylic acids is 1. The largest absolute Gasteiger partial charge is 0.424 e. The lowest BCUT2D eigenvalue weighted by Crippen LogP contribution is -2.12. The minimum Gasteiger partial charge on any atom is -0.424 e. The Morgan fingerprint density at radius 3 is 2.56 bits per heavy atom. The first-order chi connectivity index (χ1) is 15.5. The van der Waals surface area contributed by atoms with Gasteiger partial charge in [-0.1, -0.05) is 11.8 Å². The van der Waals surface area contributed by atoms with Gasteiger partial charge >= 0.3 is 6.01 Å². The Kier molecular flexibility index (Phi) is 6.38. The molecular formula is C21H15N5O4S2. The number of nitro benzene ring substituents is 1. The van der Waals surface area contributed by atoms with E-state index < -0.39 is 10.8 Å². The van der Waals surface area contributed by atoms with Crippen LogP contribution in [0.4, 0.5) is 11.4 Å². The number of thiazole rings is 1. The summed E-state index contributed by atoms with van der Waals surface area (Å²) in [5.74, 6) is 0.0402. The molecule has 4 rings (SSSR count). The Morgan fingerprint density at radius 2 is 1.91 bits per heavy atom. The fraction of sp³-hybridized carbons (Fsp3) is 0.0476. The molecule has 9 nitrogen and oxygen atoms in total. The Labute approximate surface area is 190 Å². The van der Waals surface area contributed by atoms with Gasteiger partial charge in [0.25, 0.3) is 11.6 Å². The van der Waals surface area contributed by atoms with Crippen LogP contribution < -0.4 is 10.1 Å². The fourth-order valence-electron chi connectivity index (χ4n) is 2.61. The van der Waals surface area contributed by atoms with E-state index in [1.54, 1.807) is 54.9 Å². The second-order valence-corrected chi connectivity index (χ2v) is 8.56. The SMILES string of the molecule is Cc1csc(Sc2ccc(C(=O)Nc3ccc(Oc4ncccn4)cc3)cc2[N+](=O)[O-])n1. The van der Waals surface area contributed by atoms with E-state index in [2.05, 4.69) is 20.3 Å². The predicted molar refractivity (Wildman–Crippen MR) is 121 cm³/mol. The number of aromatic nitrogens is 3. The molecule has 0 atom stereocenters. The molecule has 1 amide bonds. The van der Waals surface area contributed by atoms with E-state index in [0.29, 0.717) is 20.7 Å². The van der Waals surface area contributed by atoms with Gasteiger partial charge in [-0.05, 0) is 49.4 Å². The van der Waals surface area contributed by atoms with Crippen molar-refractivity contribution in [2.24, 2.45) is 0 Å². The molecular weight excluding hydrogens is 450 g/mol. The van der Waals surface area contributed by atoms with Crippen molar-refractivity contribution in [2.45, 2.75) is 16.2 Å². The van der Waals surface area contributed by atoms with Gasteiger partial charge in [-0.2, -0.15) is 0 Å². The van der Waals surface area contributed by atoms with E-state index in [9.17, 15) is 14.9 Å². The second kappa shape index (κ2) is 9.54. The number of amides is 1. The third-order valence-corrected chi connectivity index (χ3v) is 6.20.